The highest BCUT2D eigenvalue weighted by Gasteiger charge is 2.37. The quantitative estimate of drug-likeness (QED) is 0.351. The van der Waals surface area contributed by atoms with Crippen LogP contribution in [0.15, 0.2) is 96.4 Å². The second-order valence-electron chi connectivity index (χ2n) is 8.98. The van der Waals surface area contributed by atoms with Crippen LogP contribution in [0.25, 0.3) is 11.1 Å². The van der Waals surface area contributed by atoms with Gasteiger partial charge in [0.2, 0.25) is 5.88 Å². The van der Waals surface area contributed by atoms with E-state index in [1.165, 1.54) is 6.08 Å². The number of hydrogen-bond acceptors (Lipinski definition) is 5. The summed E-state index contributed by atoms with van der Waals surface area (Å²) >= 11 is 0. The molecule has 186 valence electrons. The number of aryl methyl sites for hydroxylation is 1. The molecule has 7 heteroatoms. The fourth-order valence-electron chi connectivity index (χ4n) is 4.34. The van der Waals surface area contributed by atoms with Gasteiger partial charge >= 0.3 is 6.03 Å². The van der Waals surface area contributed by atoms with Crippen molar-refractivity contribution in [3.05, 3.63) is 102 Å². The molecule has 0 bridgehead atoms. The Balaban J connectivity index is 1.48. The standard InChI is InChI=1S/C30H27N3O4/c1-3-4-18-32-25-19-22(21-8-6-5-7-9-21)12-16-26(25)37-27(32)17-15-24-28(34)31-30(36)33(29(24)35)23-13-10-20(2)11-14-23/h5-17,19H,3-4,18H2,1-2H3,(H,31,34,36)/b24-15+,27-17-. The zero-order valence-corrected chi connectivity index (χ0v) is 20.7. The number of rotatable bonds is 6. The van der Waals surface area contributed by atoms with E-state index >= 15 is 0 Å². The smallest absolute Gasteiger partial charge is 0.335 e. The van der Waals surface area contributed by atoms with Gasteiger partial charge in [-0.2, -0.15) is 0 Å². The first-order valence-corrected chi connectivity index (χ1v) is 12.3. The van der Waals surface area contributed by atoms with E-state index in [9.17, 15) is 14.4 Å². The van der Waals surface area contributed by atoms with Gasteiger partial charge in [0.25, 0.3) is 11.8 Å². The number of imide groups is 2. The third-order valence-electron chi connectivity index (χ3n) is 6.36. The van der Waals surface area contributed by atoms with Gasteiger partial charge in [0.1, 0.15) is 5.57 Å². The van der Waals surface area contributed by atoms with E-state index in [4.69, 9.17) is 4.74 Å². The van der Waals surface area contributed by atoms with Crippen LogP contribution in [0.5, 0.6) is 5.75 Å². The summed E-state index contributed by atoms with van der Waals surface area (Å²) in [6.07, 6.45) is 4.96. The number of allylic oxidation sites excluding steroid dienone is 2. The van der Waals surface area contributed by atoms with E-state index in [0.717, 1.165) is 40.1 Å². The molecule has 3 aromatic carbocycles. The van der Waals surface area contributed by atoms with Crippen molar-refractivity contribution in [1.82, 2.24) is 5.32 Å². The summed E-state index contributed by atoms with van der Waals surface area (Å²) in [6.45, 7) is 4.74. The molecule has 0 atom stereocenters. The number of amides is 4. The number of carbonyl (C=O) groups is 3. The van der Waals surface area contributed by atoms with Crippen molar-refractivity contribution in [2.24, 2.45) is 0 Å². The molecule has 2 aliphatic heterocycles. The molecule has 0 unspecified atom stereocenters. The summed E-state index contributed by atoms with van der Waals surface area (Å²) in [4.78, 5) is 41.3. The molecular formula is C30H27N3O4. The average Bonchev–Trinajstić information content (AvgIpc) is 3.25. The lowest BCUT2D eigenvalue weighted by Crippen LogP contribution is -2.54. The van der Waals surface area contributed by atoms with Crippen LogP contribution in [0.3, 0.4) is 0 Å². The topological polar surface area (TPSA) is 79.0 Å². The minimum Gasteiger partial charge on any atom is -0.439 e. The van der Waals surface area contributed by atoms with Crippen LogP contribution < -0.4 is 19.9 Å². The highest BCUT2D eigenvalue weighted by Crippen LogP contribution is 2.41. The van der Waals surface area contributed by atoms with E-state index < -0.39 is 17.8 Å². The maximum Gasteiger partial charge on any atom is 0.335 e. The summed E-state index contributed by atoms with van der Waals surface area (Å²) < 4.78 is 6.13. The van der Waals surface area contributed by atoms with Gasteiger partial charge < -0.3 is 9.64 Å². The Morgan fingerprint density at radius 3 is 2.38 bits per heavy atom. The molecule has 2 heterocycles. The third-order valence-corrected chi connectivity index (χ3v) is 6.36. The van der Waals surface area contributed by atoms with Crippen molar-refractivity contribution in [2.75, 3.05) is 16.3 Å². The van der Waals surface area contributed by atoms with Gasteiger partial charge in [-0.1, -0.05) is 67.4 Å². The number of carbonyl (C=O) groups excluding carboxylic acids is 3. The predicted octanol–water partition coefficient (Wildman–Crippen LogP) is 5.71. The average molecular weight is 494 g/mol. The van der Waals surface area contributed by atoms with E-state index in [1.807, 2.05) is 37.3 Å². The van der Waals surface area contributed by atoms with E-state index in [2.05, 4.69) is 35.3 Å². The molecule has 1 N–H and O–H groups in total. The Morgan fingerprint density at radius 1 is 0.892 bits per heavy atom. The van der Waals surface area contributed by atoms with Crippen molar-refractivity contribution in [3.8, 4) is 16.9 Å². The number of nitrogens with zero attached hydrogens (tertiary/aromatic N) is 2. The van der Waals surface area contributed by atoms with E-state index in [0.29, 0.717) is 23.9 Å². The fourth-order valence-corrected chi connectivity index (χ4v) is 4.34. The van der Waals surface area contributed by atoms with Gasteiger partial charge in [-0.3, -0.25) is 14.9 Å². The van der Waals surface area contributed by atoms with Crippen LogP contribution in [0.2, 0.25) is 0 Å². The molecule has 4 amide bonds. The first-order chi connectivity index (χ1) is 18.0. The first-order valence-electron chi connectivity index (χ1n) is 12.3. The summed E-state index contributed by atoms with van der Waals surface area (Å²) in [5.41, 5.74) is 4.33. The summed E-state index contributed by atoms with van der Waals surface area (Å²) in [5.74, 6) is -0.203. The SMILES string of the molecule is CCCCN1/C(=C/C=C2\C(=O)NC(=O)N(c3ccc(C)cc3)C2=O)Oc2ccc(-c3ccccc3)cc21. The molecule has 0 radical (unpaired) electrons. The van der Waals surface area contributed by atoms with Gasteiger partial charge in [0.15, 0.2) is 5.75 Å². The molecule has 5 rings (SSSR count). The number of nitrogens with one attached hydrogen (secondary N) is 1. The normalized spacial score (nSPS) is 17.3. The molecule has 2 aliphatic rings. The number of hydrogen-bond donors (Lipinski definition) is 1. The largest absolute Gasteiger partial charge is 0.439 e. The molecular weight excluding hydrogens is 466 g/mol. The molecule has 3 aromatic rings. The van der Waals surface area contributed by atoms with Crippen molar-refractivity contribution in [2.45, 2.75) is 26.7 Å². The van der Waals surface area contributed by atoms with Crippen molar-refractivity contribution in [3.63, 3.8) is 0 Å². The number of fused-ring (bicyclic) bond motifs is 1. The number of anilines is 2. The van der Waals surface area contributed by atoms with E-state index in [-0.39, 0.29) is 5.57 Å². The van der Waals surface area contributed by atoms with Gasteiger partial charge in [-0.25, -0.2) is 9.69 Å². The van der Waals surface area contributed by atoms with Crippen LogP contribution in [-0.4, -0.2) is 24.4 Å². The van der Waals surface area contributed by atoms with Gasteiger partial charge in [-0.15, -0.1) is 0 Å². The molecule has 0 aromatic heterocycles. The third kappa shape index (κ3) is 4.76. The summed E-state index contributed by atoms with van der Waals surface area (Å²) in [6, 6.07) is 22.3. The lowest BCUT2D eigenvalue weighted by molar-refractivity contribution is -0.122. The second kappa shape index (κ2) is 10.1. The van der Waals surface area contributed by atoms with Gasteiger partial charge in [-0.05, 0) is 60.9 Å². The Kier molecular flexibility index (Phi) is 6.60. The Morgan fingerprint density at radius 2 is 1.65 bits per heavy atom. The molecule has 1 fully saturated rings. The van der Waals surface area contributed by atoms with Crippen molar-refractivity contribution in [1.29, 1.82) is 0 Å². The highest BCUT2D eigenvalue weighted by atomic mass is 16.5. The zero-order valence-electron chi connectivity index (χ0n) is 20.7. The van der Waals surface area contributed by atoms with Crippen LogP contribution in [-0.2, 0) is 9.59 Å². The van der Waals surface area contributed by atoms with Gasteiger partial charge in [0.05, 0.1) is 11.4 Å². The molecule has 0 spiro atoms. The number of urea groups is 1. The highest BCUT2D eigenvalue weighted by molar-refractivity contribution is 6.37. The second-order valence-corrected chi connectivity index (χ2v) is 8.98. The summed E-state index contributed by atoms with van der Waals surface area (Å²) in [5, 5.41) is 2.26. The Bertz CT molecular complexity index is 1420. The monoisotopic (exact) mass is 493 g/mol. The summed E-state index contributed by atoms with van der Waals surface area (Å²) in [7, 11) is 0. The predicted molar refractivity (Wildman–Crippen MR) is 143 cm³/mol. The number of ether oxygens (including phenoxy) is 1. The number of unbranched alkanes of at least 4 members (excludes halogenated alkanes) is 1. The number of benzene rings is 3. The Hall–Kier alpha value is -4.65. The maximum absolute atomic E-state index is 13.2. The first kappa shape index (κ1) is 24.1. The lowest BCUT2D eigenvalue weighted by atomic mass is 10.0. The number of barbiturate groups is 1. The maximum atomic E-state index is 13.2. The molecule has 1 saturated heterocycles. The molecule has 37 heavy (non-hydrogen) atoms. The molecule has 7 nitrogen and oxygen atoms in total. The minimum absolute atomic E-state index is 0.146. The van der Waals surface area contributed by atoms with E-state index in [1.54, 1.807) is 30.3 Å². The Labute approximate surface area is 215 Å². The molecule has 0 saturated carbocycles. The fraction of sp³-hybridized carbons (Fsp3) is 0.167. The van der Waals surface area contributed by atoms with Gasteiger partial charge in [0, 0.05) is 6.54 Å². The van der Waals surface area contributed by atoms with Crippen LogP contribution in [0.1, 0.15) is 25.3 Å². The van der Waals surface area contributed by atoms with Crippen LogP contribution in [0.4, 0.5) is 16.2 Å². The van der Waals surface area contributed by atoms with Crippen LogP contribution >= 0.6 is 0 Å². The lowest BCUT2D eigenvalue weighted by Gasteiger charge is -2.26. The zero-order chi connectivity index (χ0) is 25.9. The van der Waals surface area contributed by atoms with Crippen molar-refractivity contribution >= 4 is 29.2 Å². The minimum atomic E-state index is -0.772. The van der Waals surface area contributed by atoms with Crippen LogP contribution in [0, 0.1) is 6.92 Å². The van der Waals surface area contributed by atoms with Crippen molar-refractivity contribution < 1.29 is 19.1 Å². The molecule has 0 aliphatic carbocycles.